The third-order valence-corrected chi connectivity index (χ3v) is 3.91. The van der Waals surface area contributed by atoms with Gasteiger partial charge < -0.3 is 9.67 Å². The molecule has 2 rings (SSSR count). The molecule has 5 heteroatoms. The first kappa shape index (κ1) is 11.5. The summed E-state index contributed by atoms with van der Waals surface area (Å²) in [5, 5.41) is 9.53. The average Bonchev–Trinajstić information content (AvgIpc) is 2.83. The maximum absolute atomic E-state index is 10.6. The van der Waals surface area contributed by atoms with E-state index in [1.807, 2.05) is 13.1 Å². The molecule has 0 aliphatic heterocycles. The molecule has 1 heterocycles. The Morgan fingerprint density at radius 3 is 2.94 bits per heavy atom. The van der Waals surface area contributed by atoms with Gasteiger partial charge >= 0.3 is 5.97 Å². The van der Waals surface area contributed by atoms with Crippen molar-refractivity contribution in [2.24, 2.45) is 0 Å². The molecule has 4 nitrogen and oxygen atoms in total. The second kappa shape index (κ2) is 4.91. The van der Waals surface area contributed by atoms with Crippen LogP contribution in [0.4, 0.5) is 0 Å². The number of carboxylic acids is 1. The lowest BCUT2D eigenvalue weighted by Gasteiger charge is -2.16. The van der Waals surface area contributed by atoms with Crippen LogP contribution >= 0.6 is 11.8 Å². The van der Waals surface area contributed by atoms with Crippen LogP contribution in [0.3, 0.4) is 0 Å². The van der Waals surface area contributed by atoms with Gasteiger partial charge in [-0.25, -0.2) is 4.98 Å². The van der Waals surface area contributed by atoms with E-state index in [0.717, 1.165) is 10.9 Å². The Morgan fingerprint density at radius 1 is 1.62 bits per heavy atom. The van der Waals surface area contributed by atoms with Gasteiger partial charge in [-0.1, -0.05) is 24.6 Å². The summed E-state index contributed by atoms with van der Waals surface area (Å²) in [5.41, 5.74) is 1.14. The molecular formula is C11H16N2O2S. The predicted molar refractivity (Wildman–Crippen MR) is 62.8 cm³/mol. The van der Waals surface area contributed by atoms with E-state index in [9.17, 15) is 4.79 Å². The van der Waals surface area contributed by atoms with Crippen LogP contribution in [0.5, 0.6) is 0 Å². The van der Waals surface area contributed by atoms with E-state index in [1.54, 1.807) is 0 Å². The number of hydrogen-bond acceptors (Lipinski definition) is 3. The highest BCUT2D eigenvalue weighted by Crippen LogP contribution is 2.34. The van der Waals surface area contributed by atoms with Crippen LogP contribution < -0.4 is 0 Å². The Bertz CT molecular complexity index is 383. The van der Waals surface area contributed by atoms with Gasteiger partial charge in [-0.05, 0) is 19.8 Å². The lowest BCUT2D eigenvalue weighted by molar-refractivity contribution is -0.133. The van der Waals surface area contributed by atoms with Crippen LogP contribution in [0.2, 0.25) is 0 Å². The van der Waals surface area contributed by atoms with E-state index in [-0.39, 0.29) is 5.75 Å². The van der Waals surface area contributed by atoms with E-state index in [0.29, 0.717) is 6.04 Å². The Labute approximate surface area is 99.1 Å². The number of nitrogens with zero attached hydrogens (tertiary/aromatic N) is 2. The molecule has 1 fully saturated rings. The monoisotopic (exact) mass is 240 g/mol. The van der Waals surface area contributed by atoms with Crippen LogP contribution in [-0.2, 0) is 4.79 Å². The van der Waals surface area contributed by atoms with Gasteiger partial charge in [0.25, 0.3) is 0 Å². The fourth-order valence-corrected chi connectivity index (χ4v) is 3.08. The number of rotatable bonds is 4. The van der Waals surface area contributed by atoms with E-state index in [2.05, 4.69) is 9.55 Å². The SMILES string of the molecule is Cc1cnc(SCC(=O)O)n1C1CCCC1. The van der Waals surface area contributed by atoms with Crippen molar-refractivity contribution in [2.75, 3.05) is 5.75 Å². The second-order valence-electron chi connectivity index (χ2n) is 4.17. The summed E-state index contributed by atoms with van der Waals surface area (Å²) < 4.78 is 2.21. The molecule has 0 aromatic carbocycles. The molecule has 0 unspecified atom stereocenters. The molecule has 1 N–H and O–H groups in total. The Morgan fingerprint density at radius 2 is 2.31 bits per heavy atom. The van der Waals surface area contributed by atoms with Gasteiger partial charge in [-0.2, -0.15) is 0 Å². The highest BCUT2D eigenvalue weighted by Gasteiger charge is 2.21. The van der Waals surface area contributed by atoms with Crippen molar-refractivity contribution in [3.8, 4) is 0 Å². The third kappa shape index (κ3) is 2.40. The Balaban J connectivity index is 2.14. The summed E-state index contributed by atoms with van der Waals surface area (Å²) in [6, 6.07) is 0.527. The van der Waals surface area contributed by atoms with Crippen molar-refractivity contribution < 1.29 is 9.90 Å². The summed E-state index contributed by atoms with van der Waals surface area (Å²) in [6.45, 7) is 2.04. The normalized spacial score (nSPS) is 16.8. The minimum atomic E-state index is -0.788. The highest BCUT2D eigenvalue weighted by molar-refractivity contribution is 7.99. The molecule has 1 aromatic rings. The number of thioether (sulfide) groups is 1. The zero-order valence-corrected chi connectivity index (χ0v) is 10.2. The zero-order chi connectivity index (χ0) is 11.5. The second-order valence-corrected chi connectivity index (χ2v) is 5.12. The number of carboxylic acid groups (broad SMARTS) is 1. The molecule has 0 saturated heterocycles. The van der Waals surface area contributed by atoms with Crippen molar-refractivity contribution in [2.45, 2.75) is 43.8 Å². The van der Waals surface area contributed by atoms with Crippen molar-refractivity contribution in [1.82, 2.24) is 9.55 Å². The maximum Gasteiger partial charge on any atom is 0.313 e. The van der Waals surface area contributed by atoms with Crippen molar-refractivity contribution in [3.63, 3.8) is 0 Å². The highest BCUT2D eigenvalue weighted by atomic mass is 32.2. The first-order valence-corrected chi connectivity index (χ1v) is 6.55. The molecule has 0 amide bonds. The number of imidazole rings is 1. The molecule has 88 valence electrons. The van der Waals surface area contributed by atoms with E-state index in [1.165, 1.54) is 37.4 Å². The molecule has 16 heavy (non-hydrogen) atoms. The lowest BCUT2D eigenvalue weighted by atomic mass is 10.2. The molecule has 0 atom stereocenters. The maximum atomic E-state index is 10.6. The molecule has 1 saturated carbocycles. The van der Waals surface area contributed by atoms with Crippen LogP contribution in [0.1, 0.15) is 37.4 Å². The summed E-state index contributed by atoms with van der Waals surface area (Å²) >= 11 is 1.32. The zero-order valence-electron chi connectivity index (χ0n) is 9.35. The van der Waals surface area contributed by atoms with Gasteiger partial charge in [0.15, 0.2) is 5.16 Å². The van der Waals surface area contributed by atoms with Crippen LogP contribution in [0.15, 0.2) is 11.4 Å². The van der Waals surface area contributed by atoms with Gasteiger partial charge in [0, 0.05) is 17.9 Å². The fraction of sp³-hybridized carbons (Fsp3) is 0.636. The minimum Gasteiger partial charge on any atom is -0.481 e. The Kier molecular flexibility index (Phi) is 3.53. The number of carbonyl (C=O) groups is 1. The number of hydrogen-bond donors (Lipinski definition) is 1. The van der Waals surface area contributed by atoms with Gasteiger partial charge in [-0.15, -0.1) is 0 Å². The van der Waals surface area contributed by atoms with E-state index in [4.69, 9.17) is 5.11 Å². The molecule has 1 aromatic heterocycles. The van der Waals surface area contributed by atoms with Crippen molar-refractivity contribution in [1.29, 1.82) is 0 Å². The Hall–Kier alpha value is -0.970. The van der Waals surface area contributed by atoms with Gasteiger partial charge in [0.05, 0.1) is 5.75 Å². The van der Waals surface area contributed by atoms with Gasteiger partial charge in [0.2, 0.25) is 0 Å². The summed E-state index contributed by atoms with van der Waals surface area (Å²) in [4.78, 5) is 14.8. The standard InChI is InChI=1S/C11H16N2O2S/c1-8-6-12-11(16-7-10(14)15)13(8)9-4-2-3-5-9/h6,9H,2-5,7H2,1H3,(H,14,15). The van der Waals surface area contributed by atoms with Crippen molar-refractivity contribution in [3.05, 3.63) is 11.9 Å². The minimum absolute atomic E-state index is 0.0865. The smallest absolute Gasteiger partial charge is 0.313 e. The van der Waals surface area contributed by atoms with Gasteiger partial charge in [0.1, 0.15) is 0 Å². The van der Waals surface area contributed by atoms with E-state index < -0.39 is 5.97 Å². The first-order valence-electron chi connectivity index (χ1n) is 5.57. The molecule has 0 spiro atoms. The average molecular weight is 240 g/mol. The predicted octanol–water partition coefficient (Wildman–Crippen LogP) is 2.48. The molecule has 1 aliphatic rings. The summed E-state index contributed by atoms with van der Waals surface area (Å²) in [6.07, 6.45) is 6.76. The van der Waals surface area contributed by atoms with E-state index >= 15 is 0 Å². The van der Waals surface area contributed by atoms with Crippen LogP contribution in [-0.4, -0.2) is 26.4 Å². The van der Waals surface area contributed by atoms with Crippen LogP contribution in [0, 0.1) is 6.92 Å². The quantitative estimate of drug-likeness (QED) is 0.821. The largest absolute Gasteiger partial charge is 0.481 e. The van der Waals surface area contributed by atoms with Gasteiger partial charge in [-0.3, -0.25) is 4.79 Å². The fourth-order valence-electron chi connectivity index (χ4n) is 2.26. The molecule has 1 aliphatic carbocycles. The molecule has 0 radical (unpaired) electrons. The lowest BCUT2D eigenvalue weighted by Crippen LogP contribution is -2.09. The summed E-state index contributed by atoms with van der Waals surface area (Å²) in [5.74, 6) is -0.702. The molecule has 0 bridgehead atoms. The van der Waals surface area contributed by atoms with Crippen LogP contribution in [0.25, 0.3) is 0 Å². The number of aryl methyl sites for hydroxylation is 1. The number of aliphatic carboxylic acids is 1. The first-order chi connectivity index (χ1) is 7.68. The molecular weight excluding hydrogens is 224 g/mol. The third-order valence-electron chi connectivity index (χ3n) is 2.96. The summed E-state index contributed by atoms with van der Waals surface area (Å²) in [7, 11) is 0. The van der Waals surface area contributed by atoms with Crippen molar-refractivity contribution >= 4 is 17.7 Å². The number of aromatic nitrogens is 2. The topological polar surface area (TPSA) is 55.1 Å².